The highest BCUT2D eigenvalue weighted by Gasteiger charge is 2.19. The smallest absolute Gasteiger partial charge is 0.131 e. The van der Waals surface area contributed by atoms with E-state index in [9.17, 15) is 8.78 Å². The fraction of sp³-hybridized carbons (Fsp3) is 0.250. The van der Waals surface area contributed by atoms with Crippen LogP contribution in [0.1, 0.15) is 22.7 Å². The minimum absolute atomic E-state index is 0.0294. The van der Waals surface area contributed by atoms with Gasteiger partial charge in [0, 0.05) is 22.3 Å². The highest BCUT2D eigenvalue weighted by molar-refractivity contribution is 9.10. The van der Waals surface area contributed by atoms with Crippen LogP contribution in [-0.2, 0) is 0 Å². The highest BCUT2D eigenvalue weighted by atomic mass is 79.9. The van der Waals surface area contributed by atoms with Gasteiger partial charge in [-0.05, 0) is 49.2 Å². The third-order valence-corrected chi connectivity index (χ3v) is 4.61. The minimum atomic E-state index is -0.619. The van der Waals surface area contributed by atoms with Gasteiger partial charge >= 0.3 is 0 Å². The van der Waals surface area contributed by atoms with E-state index < -0.39 is 17.7 Å². The first-order valence-corrected chi connectivity index (χ1v) is 7.40. The molecule has 112 valence electrons. The molecule has 0 aliphatic carbocycles. The van der Waals surface area contributed by atoms with Gasteiger partial charge in [0.25, 0.3) is 0 Å². The lowest BCUT2D eigenvalue weighted by Gasteiger charge is -2.21. The summed E-state index contributed by atoms with van der Waals surface area (Å²) in [6, 6.07) is 7.03. The third-order valence-electron chi connectivity index (χ3n) is 3.36. The average Bonchev–Trinajstić information content (AvgIpc) is 2.43. The van der Waals surface area contributed by atoms with E-state index in [-0.39, 0.29) is 12.1 Å². The van der Waals surface area contributed by atoms with Gasteiger partial charge in [-0.2, -0.15) is 0 Å². The largest absolute Gasteiger partial charge is 0.377 e. The molecule has 2 nitrogen and oxygen atoms in total. The van der Waals surface area contributed by atoms with E-state index in [1.807, 2.05) is 26.0 Å². The maximum Gasteiger partial charge on any atom is 0.131 e. The Balaban J connectivity index is 2.36. The van der Waals surface area contributed by atoms with Crippen LogP contribution in [0.4, 0.5) is 14.5 Å². The summed E-state index contributed by atoms with van der Waals surface area (Å²) >= 11 is 3.49. The van der Waals surface area contributed by atoms with E-state index in [4.69, 9.17) is 5.73 Å². The number of halogens is 3. The summed E-state index contributed by atoms with van der Waals surface area (Å²) in [6.45, 7) is 4.01. The molecule has 0 saturated heterocycles. The van der Waals surface area contributed by atoms with E-state index in [1.165, 1.54) is 18.2 Å². The minimum Gasteiger partial charge on any atom is -0.377 e. The molecule has 2 aromatic rings. The van der Waals surface area contributed by atoms with E-state index in [0.29, 0.717) is 0 Å². The molecule has 1 atom stereocenters. The van der Waals surface area contributed by atoms with Crippen molar-refractivity contribution in [1.29, 1.82) is 0 Å². The number of nitrogens with one attached hydrogen (secondary N) is 1. The van der Waals surface area contributed by atoms with Gasteiger partial charge < -0.3 is 11.1 Å². The molecule has 0 saturated carbocycles. The standard InChI is InChI=1S/C16H17BrF2N2/c1-9-6-11(7-10(2)16(9)17)21-14(8-20)15-12(18)4-3-5-13(15)19/h3-7,14,21H,8,20H2,1-2H3. The van der Waals surface area contributed by atoms with Crippen LogP contribution in [0.2, 0.25) is 0 Å². The van der Waals surface area contributed by atoms with Crippen LogP contribution in [0, 0.1) is 25.5 Å². The molecule has 1 unspecified atom stereocenters. The lowest BCUT2D eigenvalue weighted by atomic mass is 10.0. The van der Waals surface area contributed by atoms with Gasteiger partial charge in [-0.3, -0.25) is 0 Å². The van der Waals surface area contributed by atoms with Crippen LogP contribution in [0.15, 0.2) is 34.8 Å². The molecular formula is C16H17BrF2N2. The lowest BCUT2D eigenvalue weighted by molar-refractivity contribution is 0.537. The molecule has 0 spiro atoms. The number of benzene rings is 2. The van der Waals surface area contributed by atoms with Crippen molar-refractivity contribution in [2.75, 3.05) is 11.9 Å². The molecule has 0 fully saturated rings. The van der Waals surface area contributed by atoms with Gasteiger partial charge in [0.1, 0.15) is 11.6 Å². The molecule has 0 heterocycles. The Labute approximate surface area is 131 Å². The zero-order valence-corrected chi connectivity index (χ0v) is 13.5. The second kappa shape index (κ2) is 6.54. The van der Waals surface area contributed by atoms with Crippen molar-refractivity contribution in [3.63, 3.8) is 0 Å². The fourth-order valence-corrected chi connectivity index (χ4v) is 2.55. The molecule has 2 rings (SSSR count). The zero-order chi connectivity index (χ0) is 15.6. The van der Waals surface area contributed by atoms with Crippen LogP contribution >= 0.6 is 15.9 Å². The van der Waals surface area contributed by atoms with Crippen molar-refractivity contribution >= 4 is 21.6 Å². The van der Waals surface area contributed by atoms with E-state index in [2.05, 4.69) is 21.2 Å². The summed E-state index contributed by atoms with van der Waals surface area (Å²) in [5.74, 6) is -1.19. The van der Waals surface area contributed by atoms with Crippen molar-refractivity contribution in [2.45, 2.75) is 19.9 Å². The normalized spacial score (nSPS) is 12.3. The summed E-state index contributed by atoms with van der Waals surface area (Å²) in [7, 11) is 0. The van der Waals surface area contributed by atoms with Gasteiger partial charge in [0.15, 0.2) is 0 Å². The molecule has 0 aromatic heterocycles. The van der Waals surface area contributed by atoms with Crippen LogP contribution in [0.25, 0.3) is 0 Å². The number of hydrogen-bond acceptors (Lipinski definition) is 2. The van der Waals surface area contributed by atoms with Crippen LogP contribution in [0.5, 0.6) is 0 Å². The molecular weight excluding hydrogens is 338 g/mol. The Morgan fingerprint density at radius 1 is 1.14 bits per heavy atom. The predicted molar refractivity (Wildman–Crippen MR) is 85.4 cm³/mol. The first-order chi connectivity index (χ1) is 9.93. The first kappa shape index (κ1) is 15.9. The molecule has 0 bridgehead atoms. The third kappa shape index (κ3) is 3.41. The monoisotopic (exact) mass is 354 g/mol. The SMILES string of the molecule is Cc1cc(NC(CN)c2c(F)cccc2F)cc(C)c1Br. The fourth-order valence-electron chi connectivity index (χ4n) is 2.32. The Morgan fingerprint density at radius 3 is 2.14 bits per heavy atom. The van der Waals surface area contributed by atoms with E-state index in [0.717, 1.165) is 21.3 Å². The Kier molecular flexibility index (Phi) is 4.96. The first-order valence-electron chi connectivity index (χ1n) is 6.61. The topological polar surface area (TPSA) is 38.0 Å². The van der Waals surface area contributed by atoms with Crippen molar-refractivity contribution < 1.29 is 8.78 Å². The second-order valence-electron chi connectivity index (χ2n) is 4.99. The number of nitrogens with two attached hydrogens (primary N) is 1. The number of anilines is 1. The lowest BCUT2D eigenvalue weighted by Crippen LogP contribution is -2.23. The molecule has 0 amide bonds. The summed E-state index contributed by atoms with van der Waals surface area (Å²) < 4.78 is 28.8. The average molecular weight is 355 g/mol. The maximum absolute atomic E-state index is 13.9. The second-order valence-corrected chi connectivity index (χ2v) is 5.78. The van der Waals surface area contributed by atoms with Crippen molar-refractivity contribution in [3.05, 3.63) is 63.1 Å². The Hall–Kier alpha value is -1.46. The molecule has 5 heteroatoms. The number of aryl methyl sites for hydroxylation is 2. The summed E-state index contributed by atoms with van der Waals surface area (Å²) in [6.07, 6.45) is 0. The zero-order valence-electron chi connectivity index (χ0n) is 11.9. The van der Waals surface area contributed by atoms with E-state index >= 15 is 0 Å². The Morgan fingerprint density at radius 2 is 1.67 bits per heavy atom. The number of rotatable bonds is 4. The Bertz CT molecular complexity index is 615. The van der Waals surface area contributed by atoms with Gasteiger partial charge in [-0.15, -0.1) is 0 Å². The van der Waals surface area contributed by atoms with Crippen molar-refractivity contribution in [3.8, 4) is 0 Å². The van der Waals surface area contributed by atoms with Crippen LogP contribution in [0.3, 0.4) is 0 Å². The molecule has 21 heavy (non-hydrogen) atoms. The van der Waals surface area contributed by atoms with Crippen LogP contribution < -0.4 is 11.1 Å². The van der Waals surface area contributed by atoms with Gasteiger partial charge in [0.05, 0.1) is 6.04 Å². The van der Waals surface area contributed by atoms with Crippen molar-refractivity contribution in [1.82, 2.24) is 0 Å². The molecule has 0 aliphatic rings. The quantitative estimate of drug-likeness (QED) is 0.850. The van der Waals surface area contributed by atoms with Crippen molar-refractivity contribution in [2.24, 2.45) is 5.73 Å². The van der Waals surface area contributed by atoms with E-state index in [1.54, 1.807) is 0 Å². The predicted octanol–water partition coefficient (Wildman–Crippen LogP) is 4.46. The maximum atomic E-state index is 13.9. The number of hydrogen-bond donors (Lipinski definition) is 2. The summed E-state index contributed by atoms with van der Waals surface area (Å²) in [4.78, 5) is 0. The molecule has 0 radical (unpaired) electrons. The highest BCUT2D eigenvalue weighted by Crippen LogP contribution is 2.28. The molecule has 0 aliphatic heterocycles. The van der Waals surface area contributed by atoms with Crippen LogP contribution in [-0.4, -0.2) is 6.54 Å². The molecule has 3 N–H and O–H groups in total. The van der Waals surface area contributed by atoms with Gasteiger partial charge in [-0.1, -0.05) is 22.0 Å². The van der Waals surface area contributed by atoms with Gasteiger partial charge in [-0.25, -0.2) is 8.78 Å². The molecule has 2 aromatic carbocycles. The summed E-state index contributed by atoms with van der Waals surface area (Å²) in [5.41, 5.74) is 8.53. The summed E-state index contributed by atoms with van der Waals surface area (Å²) in [5, 5.41) is 3.11. The van der Waals surface area contributed by atoms with Gasteiger partial charge in [0.2, 0.25) is 0 Å².